The van der Waals surface area contributed by atoms with Crippen molar-refractivity contribution in [3.63, 3.8) is 0 Å². The fraction of sp³-hybridized carbons (Fsp3) is 0.0870. The van der Waals surface area contributed by atoms with Crippen LogP contribution < -0.4 is 4.90 Å². The van der Waals surface area contributed by atoms with Crippen LogP contribution in [-0.4, -0.2) is 17.6 Å². The monoisotopic (exact) mass is 492 g/mol. The number of hydrogen-bond acceptors (Lipinski definition) is 4. The molecule has 0 bridgehead atoms. The number of para-hydroxylation sites is 1. The van der Waals surface area contributed by atoms with Crippen LogP contribution in [0.25, 0.3) is 0 Å². The molecule has 0 atom stereocenters. The van der Waals surface area contributed by atoms with Crippen molar-refractivity contribution in [3.05, 3.63) is 99.0 Å². The highest BCUT2D eigenvalue weighted by Crippen LogP contribution is 2.34. The fourth-order valence-corrected chi connectivity index (χ4v) is 3.83. The number of nitrogens with zero attached hydrogens (tertiary/aromatic N) is 2. The second kappa shape index (κ2) is 8.88. The van der Waals surface area contributed by atoms with Gasteiger partial charge in [0.15, 0.2) is 5.71 Å². The Hall–Kier alpha value is -3.36. The summed E-state index contributed by atoms with van der Waals surface area (Å²) < 4.78 is 38.7. The number of fused-ring (bicyclic) bond motifs is 1. The summed E-state index contributed by atoms with van der Waals surface area (Å²) in [6.07, 6.45) is -4.62. The Kier molecular flexibility index (Phi) is 6.14. The van der Waals surface area contributed by atoms with Gasteiger partial charge in [-0.3, -0.25) is 4.79 Å². The predicted octanol–water partition coefficient (Wildman–Crippen LogP) is 6.12. The van der Waals surface area contributed by atoms with Crippen molar-refractivity contribution in [2.24, 2.45) is 5.16 Å². The zero-order chi connectivity index (χ0) is 23.8. The summed E-state index contributed by atoms with van der Waals surface area (Å²) in [4.78, 5) is 31.6. The van der Waals surface area contributed by atoms with Crippen molar-refractivity contribution < 1.29 is 27.6 Å². The Balaban J connectivity index is 1.62. The zero-order valence-corrected chi connectivity index (χ0v) is 18.1. The topological polar surface area (TPSA) is 59.0 Å². The number of carbonyl (C=O) groups is 2. The molecular weight excluding hydrogens is 480 g/mol. The van der Waals surface area contributed by atoms with Crippen molar-refractivity contribution in [2.75, 3.05) is 4.90 Å². The van der Waals surface area contributed by atoms with Crippen molar-refractivity contribution in [1.82, 2.24) is 0 Å². The molecule has 0 aliphatic carbocycles. The maximum absolute atomic E-state index is 13.1. The minimum absolute atomic E-state index is 0.0367. The van der Waals surface area contributed by atoms with Crippen molar-refractivity contribution >= 4 is 46.5 Å². The van der Waals surface area contributed by atoms with Crippen LogP contribution in [0.4, 0.5) is 18.9 Å². The second-order valence-electron chi connectivity index (χ2n) is 7.01. The van der Waals surface area contributed by atoms with E-state index >= 15 is 0 Å². The number of amides is 1. The molecule has 0 saturated carbocycles. The van der Waals surface area contributed by atoms with E-state index in [1.54, 1.807) is 42.5 Å². The predicted molar refractivity (Wildman–Crippen MR) is 117 cm³/mol. The van der Waals surface area contributed by atoms with E-state index < -0.39 is 23.6 Å². The zero-order valence-electron chi connectivity index (χ0n) is 16.6. The first-order valence-corrected chi connectivity index (χ1v) is 10.2. The first-order chi connectivity index (χ1) is 15.7. The molecule has 4 rings (SSSR count). The lowest BCUT2D eigenvalue weighted by Gasteiger charge is -2.18. The maximum atomic E-state index is 13.1. The number of oxime groups is 1. The largest absolute Gasteiger partial charge is 0.416 e. The minimum Gasteiger partial charge on any atom is -0.312 e. The third kappa shape index (κ3) is 4.58. The molecule has 0 N–H and O–H groups in total. The summed E-state index contributed by atoms with van der Waals surface area (Å²) in [6.45, 7) is 0.0367. The molecule has 0 unspecified atom stereocenters. The Labute approximate surface area is 196 Å². The van der Waals surface area contributed by atoms with Gasteiger partial charge >= 0.3 is 12.1 Å². The molecule has 5 nitrogen and oxygen atoms in total. The van der Waals surface area contributed by atoms with Gasteiger partial charge in [0.05, 0.1) is 23.4 Å². The van der Waals surface area contributed by atoms with E-state index in [4.69, 9.17) is 28.0 Å². The van der Waals surface area contributed by atoms with Crippen molar-refractivity contribution in [1.29, 1.82) is 0 Å². The highest BCUT2D eigenvalue weighted by Gasteiger charge is 2.36. The van der Waals surface area contributed by atoms with E-state index in [1.807, 2.05) is 0 Å². The third-order valence-corrected chi connectivity index (χ3v) is 5.63. The summed E-state index contributed by atoms with van der Waals surface area (Å²) in [5.74, 6) is -1.71. The number of halogens is 5. The molecule has 33 heavy (non-hydrogen) atoms. The molecule has 1 aliphatic rings. The minimum atomic E-state index is -4.62. The highest BCUT2D eigenvalue weighted by molar-refractivity contribution is 6.54. The summed E-state index contributed by atoms with van der Waals surface area (Å²) in [5.41, 5.74) is -0.127. The van der Waals surface area contributed by atoms with Gasteiger partial charge in [-0.2, -0.15) is 13.2 Å². The van der Waals surface area contributed by atoms with Gasteiger partial charge in [-0.15, -0.1) is 0 Å². The van der Waals surface area contributed by atoms with Crippen molar-refractivity contribution in [3.8, 4) is 0 Å². The van der Waals surface area contributed by atoms with E-state index in [9.17, 15) is 22.8 Å². The standard InChI is InChI=1S/C23H13Cl2F3N2O3/c24-17-8-4-9-18(25)16(17)12-30-19-10-2-1-7-15(19)20(21(30)31)29-33-22(32)13-5-3-6-14(11-13)23(26,27)28/h1-11H,12H2. The Bertz CT molecular complexity index is 1270. The highest BCUT2D eigenvalue weighted by atomic mass is 35.5. The summed E-state index contributed by atoms with van der Waals surface area (Å²) in [7, 11) is 0. The average Bonchev–Trinajstić information content (AvgIpc) is 3.05. The lowest BCUT2D eigenvalue weighted by atomic mass is 10.1. The molecule has 1 heterocycles. The van der Waals surface area contributed by atoms with Crippen LogP contribution in [0, 0.1) is 0 Å². The first kappa shape index (κ1) is 22.8. The van der Waals surface area contributed by atoms with E-state index in [-0.39, 0.29) is 17.8 Å². The second-order valence-corrected chi connectivity index (χ2v) is 7.82. The fourth-order valence-electron chi connectivity index (χ4n) is 3.31. The smallest absolute Gasteiger partial charge is 0.312 e. The molecule has 3 aromatic carbocycles. The SMILES string of the molecule is O=C(ON=C1C(=O)N(Cc2c(Cl)cccc2Cl)c2ccccc21)c1cccc(C(F)(F)F)c1. The number of hydrogen-bond donors (Lipinski definition) is 0. The van der Waals surface area contributed by atoms with E-state index in [2.05, 4.69) is 5.16 Å². The lowest BCUT2D eigenvalue weighted by Crippen LogP contribution is -2.30. The quantitative estimate of drug-likeness (QED) is 0.325. The van der Waals surface area contributed by atoms with Gasteiger partial charge in [-0.05, 0) is 36.4 Å². The Morgan fingerprint density at radius 3 is 2.33 bits per heavy atom. The van der Waals surface area contributed by atoms with E-state index in [1.165, 1.54) is 4.90 Å². The van der Waals surface area contributed by atoms with E-state index in [0.717, 1.165) is 18.2 Å². The van der Waals surface area contributed by atoms with Crippen LogP contribution in [0.1, 0.15) is 27.0 Å². The van der Waals surface area contributed by atoms with Crippen LogP contribution in [0.5, 0.6) is 0 Å². The molecule has 0 radical (unpaired) electrons. The number of anilines is 1. The van der Waals surface area contributed by atoms with Crippen LogP contribution in [0.3, 0.4) is 0 Å². The van der Waals surface area contributed by atoms with Gasteiger partial charge < -0.3 is 9.74 Å². The maximum Gasteiger partial charge on any atom is 0.416 e. The number of benzene rings is 3. The van der Waals surface area contributed by atoms with Gasteiger partial charge in [0.2, 0.25) is 0 Å². The molecule has 1 aliphatic heterocycles. The summed E-state index contributed by atoms with van der Waals surface area (Å²) in [6, 6.07) is 15.3. The Morgan fingerprint density at radius 2 is 1.64 bits per heavy atom. The van der Waals surface area contributed by atoms with Crippen molar-refractivity contribution in [2.45, 2.75) is 12.7 Å². The lowest BCUT2D eigenvalue weighted by molar-refractivity contribution is -0.137. The number of rotatable bonds is 4. The van der Waals surface area contributed by atoms with Gasteiger partial charge in [0, 0.05) is 21.2 Å². The Morgan fingerprint density at radius 1 is 0.970 bits per heavy atom. The van der Waals surface area contributed by atoms with Gasteiger partial charge in [-0.25, -0.2) is 4.79 Å². The van der Waals surface area contributed by atoms with E-state index in [0.29, 0.717) is 32.9 Å². The van der Waals surface area contributed by atoms with Gasteiger partial charge in [0.1, 0.15) is 0 Å². The first-order valence-electron chi connectivity index (χ1n) is 9.47. The average molecular weight is 493 g/mol. The summed E-state index contributed by atoms with van der Waals surface area (Å²) >= 11 is 12.5. The molecule has 0 spiro atoms. The molecule has 3 aromatic rings. The molecule has 168 valence electrons. The molecule has 1 amide bonds. The number of alkyl halides is 3. The van der Waals surface area contributed by atoms with Crippen LogP contribution in [0.2, 0.25) is 10.0 Å². The van der Waals surface area contributed by atoms with Crippen LogP contribution >= 0.6 is 23.2 Å². The molecule has 0 aromatic heterocycles. The third-order valence-electron chi connectivity index (χ3n) is 4.92. The van der Waals surface area contributed by atoms with Crippen LogP contribution in [-0.2, 0) is 22.4 Å². The normalized spacial score (nSPS) is 14.5. The molecule has 0 fully saturated rings. The summed E-state index contributed by atoms with van der Waals surface area (Å²) in [5, 5.41) is 4.42. The van der Waals surface area contributed by atoms with Gasteiger partial charge in [0.25, 0.3) is 5.91 Å². The number of carbonyl (C=O) groups excluding carboxylic acids is 2. The van der Waals surface area contributed by atoms with Crippen LogP contribution in [0.15, 0.2) is 71.9 Å². The van der Waals surface area contributed by atoms with Gasteiger partial charge in [-0.1, -0.05) is 58.7 Å². The molecule has 0 saturated heterocycles. The molecule has 10 heteroatoms. The molecular formula is C23H13Cl2F3N2O3.